The number of carbonyl (C=O) groups excluding carboxylic acids is 2. The van der Waals surface area contributed by atoms with Gasteiger partial charge in [0.1, 0.15) is 0 Å². The normalized spacial score (nSPS) is 13.2. The van der Waals surface area contributed by atoms with Crippen LogP contribution in [-0.2, 0) is 11.3 Å². The van der Waals surface area contributed by atoms with Crippen molar-refractivity contribution >= 4 is 29.3 Å². The Morgan fingerprint density at radius 3 is 2.53 bits per heavy atom. The molecule has 1 saturated heterocycles. The van der Waals surface area contributed by atoms with Crippen LogP contribution in [0.5, 0.6) is 11.5 Å². The van der Waals surface area contributed by atoms with E-state index in [1.54, 1.807) is 29.4 Å². The highest BCUT2D eigenvalue weighted by Gasteiger charge is 2.25. The van der Waals surface area contributed by atoms with E-state index in [4.69, 9.17) is 13.9 Å². The molecule has 3 heterocycles. The first-order chi connectivity index (χ1) is 16.5. The summed E-state index contributed by atoms with van der Waals surface area (Å²) in [6, 6.07) is 6.83. The van der Waals surface area contributed by atoms with Crippen LogP contribution in [0.25, 0.3) is 11.6 Å². The SMILES string of the molecule is CCn1c(SCC(=O)Nc2cc(OC)c(OC)cc2C(=O)N2CCCC2)nnc1-c1ccco1. The molecule has 0 bridgehead atoms. The number of methoxy groups -OCH3 is 2. The van der Waals surface area contributed by atoms with Crippen molar-refractivity contribution in [1.82, 2.24) is 19.7 Å². The van der Waals surface area contributed by atoms with Crippen molar-refractivity contribution in [2.45, 2.75) is 31.5 Å². The molecule has 1 fully saturated rings. The third-order valence-electron chi connectivity index (χ3n) is 5.53. The summed E-state index contributed by atoms with van der Waals surface area (Å²) in [4.78, 5) is 27.8. The van der Waals surface area contributed by atoms with Gasteiger partial charge in [0.25, 0.3) is 5.91 Å². The maximum Gasteiger partial charge on any atom is 0.256 e. The van der Waals surface area contributed by atoms with Crippen LogP contribution in [-0.4, -0.2) is 64.5 Å². The molecule has 2 amide bonds. The molecule has 3 aromatic rings. The van der Waals surface area contributed by atoms with Crippen LogP contribution >= 0.6 is 11.8 Å². The van der Waals surface area contributed by atoms with Crippen molar-refractivity contribution in [3.8, 4) is 23.1 Å². The van der Waals surface area contributed by atoms with Gasteiger partial charge >= 0.3 is 0 Å². The van der Waals surface area contributed by atoms with Gasteiger partial charge in [-0.15, -0.1) is 10.2 Å². The number of likely N-dealkylation sites (tertiary alicyclic amines) is 1. The number of furan rings is 1. The third kappa shape index (κ3) is 4.89. The zero-order chi connectivity index (χ0) is 24.1. The number of aromatic nitrogens is 3. The van der Waals surface area contributed by atoms with E-state index in [0.29, 0.717) is 59.1 Å². The molecular formula is C23H27N5O5S. The molecule has 0 aliphatic carbocycles. The largest absolute Gasteiger partial charge is 0.493 e. The quantitative estimate of drug-likeness (QED) is 0.458. The number of amides is 2. The standard InChI is InChI=1S/C23H27N5O5S/c1-4-28-21(17-8-7-11-33-17)25-26-23(28)34-14-20(29)24-16-13-19(32-3)18(31-2)12-15(16)22(30)27-9-5-6-10-27/h7-8,11-13H,4-6,9-10,14H2,1-3H3,(H,24,29). The molecule has 2 aromatic heterocycles. The lowest BCUT2D eigenvalue weighted by molar-refractivity contribution is -0.113. The van der Waals surface area contributed by atoms with Gasteiger partial charge in [-0.1, -0.05) is 11.8 Å². The Hall–Kier alpha value is -3.47. The molecule has 1 N–H and O–H groups in total. The molecule has 1 aromatic carbocycles. The van der Waals surface area contributed by atoms with Crippen molar-refractivity contribution in [2.24, 2.45) is 0 Å². The minimum atomic E-state index is -0.280. The number of nitrogens with zero attached hydrogens (tertiary/aromatic N) is 4. The molecule has 10 nitrogen and oxygen atoms in total. The lowest BCUT2D eigenvalue weighted by atomic mass is 10.1. The molecule has 0 atom stereocenters. The topological polar surface area (TPSA) is 112 Å². The van der Waals surface area contributed by atoms with E-state index in [1.807, 2.05) is 17.6 Å². The maximum absolute atomic E-state index is 13.1. The highest BCUT2D eigenvalue weighted by atomic mass is 32.2. The van der Waals surface area contributed by atoms with Gasteiger partial charge in [-0.05, 0) is 38.0 Å². The van der Waals surface area contributed by atoms with Crippen LogP contribution in [0.2, 0.25) is 0 Å². The van der Waals surface area contributed by atoms with E-state index in [2.05, 4.69) is 15.5 Å². The summed E-state index contributed by atoms with van der Waals surface area (Å²) in [5, 5.41) is 11.9. The third-order valence-corrected chi connectivity index (χ3v) is 6.50. The number of benzene rings is 1. The molecule has 34 heavy (non-hydrogen) atoms. The van der Waals surface area contributed by atoms with E-state index in [-0.39, 0.29) is 17.6 Å². The van der Waals surface area contributed by atoms with Gasteiger partial charge in [-0.25, -0.2) is 0 Å². The van der Waals surface area contributed by atoms with E-state index < -0.39 is 0 Å². The van der Waals surface area contributed by atoms with Crippen LogP contribution in [0, 0.1) is 0 Å². The van der Waals surface area contributed by atoms with Crippen LogP contribution in [0.3, 0.4) is 0 Å². The average Bonchev–Trinajstić information content (AvgIpc) is 3.63. The Kier molecular flexibility index (Phi) is 7.41. The van der Waals surface area contributed by atoms with Gasteiger partial charge in [0.15, 0.2) is 28.2 Å². The van der Waals surface area contributed by atoms with Crippen LogP contribution in [0.15, 0.2) is 40.1 Å². The predicted octanol–water partition coefficient (Wildman–Crippen LogP) is 3.54. The summed E-state index contributed by atoms with van der Waals surface area (Å²) in [6.45, 7) is 3.99. The smallest absolute Gasteiger partial charge is 0.256 e. The van der Waals surface area contributed by atoms with E-state index in [1.165, 1.54) is 26.0 Å². The van der Waals surface area contributed by atoms with E-state index in [0.717, 1.165) is 12.8 Å². The zero-order valence-electron chi connectivity index (χ0n) is 19.4. The minimum absolute atomic E-state index is 0.0853. The molecule has 0 radical (unpaired) electrons. The monoisotopic (exact) mass is 485 g/mol. The van der Waals surface area contributed by atoms with Crippen LogP contribution in [0.4, 0.5) is 5.69 Å². The second-order valence-electron chi connectivity index (χ2n) is 7.62. The van der Waals surface area contributed by atoms with E-state index in [9.17, 15) is 9.59 Å². The minimum Gasteiger partial charge on any atom is -0.493 e. The lowest BCUT2D eigenvalue weighted by Crippen LogP contribution is -2.29. The van der Waals surface area contributed by atoms with Gasteiger partial charge in [0.05, 0.1) is 37.5 Å². The predicted molar refractivity (Wildman–Crippen MR) is 127 cm³/mol. The van der Waals surface area contributed by atoms with E-state index >= 15 is 0 Å². The van der Waals surface area contributed by atoms with Gasteiger partial charge < -0.3 is 24.1 Å². The maximum atomic E-state index is 13.1. The molecular weight excluding hydrogens is 458 g/mol. The van der Waals surface area contributed by atoms with Gasteiger partial charge in [0.2, 0.25) is 5.91 Å². The van der Waals surface area contributed by atoms with Crippen molar-refractivity contribution in [2.75, 3.05) is 38.4 Å². The Bertz CT molecular complexity index is 1150. The summed E-state index contributed by atoms with van der Waals surface area (Å²) in [6.07, 6.45) is 3.51. The molecule has 11 heteroatoms. The van der Waals surface area contributed by atoms with Crippen molar-refractivity contribution in [1.29, 1.82) is 0 Å². The Morgan fingerprint density at radius 2 is 1.88 bits per heavy atom. The molecule has 0 unspecified atom stereocenters. The summed E-state index contributed by atoms with van der Waals surface area (Å²) in [5.41, 5.74) is 0.753. The molecule has 0 spiro atoms. The Balaban J connectivity index is 1.52. The Morgan fingerprint density at radius 1 is 1.15 bits per heavy atom. The fourth-order valence-corrected chi connectivity index (χ4v) is 4.64. The number of ether oxygens (including phenoxy) is 2. The van der Waals surface area contributed by atoms with Gasteiger partial charge in [-0.2, -0.15) is 0 Å². The highest BCUT2D eigenvalue weighted by Crippen LogP contribution is 2.35. The second kappa shape index (κ2) is 10.6. The molecule has 1 aliphatic rings. The first kappa shape index (κ1) is 23.7. The summed E-state index contributed by atoms with van der Waals surface area (Å²) < 4.78 is 18.1. The molecule has 0 saturated carbocycles. The van der Waals surface area contributed by atoms with Crippen LogP contribution < -0.4 is 14.8 Å². The van der Waals surface area contributed by atoms with Crippen molar-refractivity contribution < 1.29 is 23.5 Å². The fraction of sp³-hybridized carbons (Fsp3) is 0.391. The summed E-state index contributed by atoms with van der Waals surface area (Å²) in [7, 11) is 3.02. The Labute approximate surface area is 201 Å². The summed E-state index contributed by atoms with van der Waals surface area (Å²) in [5.74, 6) is 1.74. The average molecular weight is 486 g/mol. The molecule has 4 rings (SSSR count). The van der Waals surface area contributed by atoms with Gasteiger partial charge in [-0.3, -0.25) is 14.2 Å². The first-order valence-corrected chi connectivity index (χ1v) is 12.0. The molecule has 1 aliphatic heterocycles. The second-order valence-corrected chi connectivity index (χ2v) is 8.56. The van der Waals surface area contributed by atoms with Crippen molar-refractivity contribution in [3.63, 3.8) is 0 Å². The number of thioether (sulfide) groups is 1. The number of hydrogen-bond acceptors (Lipinski definition) is 8. The highest BCUT2D eigenvalue weighted by molar-refractivity contribution is 7.99. The molecule has 180 valence electrons. The van der Waals surface area contributed by atoms with Crippen molar-refractivity contribution in [3.05, 3.63) is 36.1 Å². The summed E-state index contributed by atoms with van der Waals surface area (Å²) >= 11 is 1.26. The number of carbonyl (C=O) groups is 2. The lowest BCUT2D eigenvalue weighted by Gasteiger charge is -2.20. The number of hydrogen-bond donors (Lipinski definition) is 1. The van der Waals surface area contributed by atoms with Crippen LogP contribution in [0.1, 0.15) is 30.1 Å². The number of anilines is 1. The van der Waals surface area contributed by atoms with Gasteiger partial charge in [0, 0.05) is 25.7 Å². The fourth-order valence-electron chi connectivity index (χ4n) is 3.83. The first-order valence-electron chi connectivity index (χ1n) is 11.0. The zero-order valence-corrected chi connectivity index (χ0v) is 20.2. The number of nitrogens with one attached hydrogen (secondary N) is 1. The number of rotatable bonds is 9.